The van der Waals surface area contributed by atoms with Gasteiger partial charge in [0.05, 0.1) is 11.1 Å². The van der Waals surface area contributed by atoms with E-state index in [1.807, 2.05) is 6.07 Å². The van der Waals surface area contributed by atoms with Crippen molar-refractivity contribution in [2.45, 2.75) is 44.1 Å². The summed E-state index contributed by atoms with van der Waals surface area (Å²) in [6.07, 6.45) is 2.33. The fourth-order valence-electron chi connectivity index (χ4n) is 3.44. The Bertz CT molecular complexity index is 569. The molecule has 120 valence electrons. The largest absolute Gasteiger partial charge is 0.363 e. The molecule has 0 radical (unpaired) electrons. The second-order valence-electron chi connectivity index (χ2n) is 5.93. The topological polar surface area (TPSA) is 41.6 Å². The average Bonchev–Trinajstić information content (AvgIpc) is 2.92. The molecule has 1 aromatic carbocycles. The Morgan fingerprint density at radius 3 is 3.00 bits per heavy atom. The molecule has 22 heavy (non-hydrogen) atoms. The molecule has 3 rings (SSSR count). The van der Waals surface area contributed by atoms with E-state index >= 15 is 0 Å². The SMILES string of the molecule is CNC(=O)[C@@H]1CC[C@@H]2[C@@H](CCN2Cc2ccc(Cl)c(F)c2)O1. The van der Waals surface area contributed by atoms with E-state index in [2.05, 4.69) is 10.2 Å². The molecule has 6 heteroatoms. The van der Waals surface area contributed by atoms with Crippen molar-refractivity contribution in [1.82, 2.24) is 10.2 Å². The predicted molar refractivity (Wildman–Crippen MR) is 82.2 cm³/mol. The van der Waals surface area contributed by atoms with Gasteiger partial charge in [-0.15, -0.1) is 0 Å². The summed E-state index contributed by atoms with van der Waals surface area (Å²) in [5, 5.41) is 2.80. The minimum atomic E-state index is -0.380. The number of benzene rings is 1. The lowest BCUT2D eigenvalue weighted by Crippen LogP contribution is -2.47. The molecule has 2 saturated heterocycles. The summed E-state index contributed by atoms with van der Waals surface area (Å²) < 4.78 is 19.5. The highest BCUT2D eigenvalue weighted by Gasteiger charge is 2.41. The highest BCUT2D eigenvalue weighted by atomic mass is 35.5. The Morgan fingerprint density at radius 2 is 2.27 bits per heavy atom. The lowest BCUT2D eigenvalue weighted by Gasteiger charge is -2.35. The number of carbonyl (C=O) groups is 1. The van der Waals surface area contributed by atoms with Crippen molar-refractivity contribution in [2.75, 3.05) is 13.6 Å². The van der Waals surface area contributed by atoms with E-state index in [1.54, 1.807) is 13.1 Å². The maximum Gasteiger partial charge on any atom is 0.248 e. The molecule has 0 bridgehead atoms. The van der Waals surface area contributed by atoms with E-state index in [9.17, 15) is 9.18 Å². The van der Waals surface area contributed by atoms with Crippen molar-refractivity contribution in [3.8, 4) is 0 Å². The van der Waals surface area contributed by atoms with Gasteiger partial charge in [0, 0.05) is 26.2 Å². The highest BCUT2D eigenvalue weighted by Crippen LogP contribution is 2.32. The number of likely N-dealkylation sites (tertiary alicyclic amines) is 1. The van der Waals surface area contributed by atoms with Crippen LogP contribution in [0, 0.1) is 5.82 Å². The lowest BCUT2D eigenvalue weighted by atomic mass is 9.98. The van der Waals surface area contributed by atoms with Crippen LogP contribution in [0.5, 0.6) is 0 Å². The molecule has 1 aromatic rings. The molecule has 3 atom stereocenters. The first kappa shape index (κ1) is 15.7. The maximum absolute atomic E-state index is 13.5. The van der Waals surface area contributed by atoms with Crippen molar-refractivity contribution < 1.29 is 13.9 Å². The molecular formula is C16H20ClFN2O2. The Hall–Kier alpha value is -1.17. The molecule has 0 spiro atoms. The van der Waals surface area contributed by atoms with Crippen LogP contribution >= 0.6 is 11.6 Å². The first-order valence-corrected chi connectivity index (χ1v) is 8.01. The number of carbonyl (C=O) groups excluding carboxylic acids is 1. The third-order valence-corrected chi connectivity index (χ3v) is 4.88. The van der Waals surface area contributed by atoms with E-state index < -0.39 is 0 Å². The fraction of sp³-hybridized carbons (Fsp3) is 0.562. The number of amides is 1. The summed E-state index contributed by atoms with van der Waals surface area (Å²) in [7, 11) is 1.63. The highest BCUT2D eigenvalue weighted by molar-refractivity contribution is 6.30. The van der Waals surface area contributed by atoms with E-state index in [0.29, 0.717) is 12.6 Å². The van der Waals surface area contributed by atoms with Crippen molar-refractivity contribution in [3.63, 3.8) is 0 Å². The Kier molecular flexibility index (Phi) is 4.66. The molecule has 0 aliphatic carbocycles. The molecule has 2 heterocycles. The van der Waals surface area contributed by atoms with Gasteiger partial charge in [-0.1, -0.05) is 17.7 Å². The van der Waals surface area contributed by atoms with Crippen molar-refractivity contribution in [1.29, 1.82) is 0 Å². The number of nitrogens with one attached hydrogen (secondary N) is 1. The van der Waals surface area contributed by atoms with Crippen LogP contribution in [-0.2, 0) is 16.1 Å². The number of halogens is 2. The second-order valence-corrected chi connectivity index (χ2v) is 6.34. The molecule has 2 fully saturated rings. The minimum absolute atomic E-state index is 0.0447. The normalized spacial score (nSPS) is 28.4. The van der Waals surface area contributed by atoms with Gasteiger partial charge >= 0.3 is 0 Å². The standard InChI is InChI=1S/C16H20ClFN2O2/c1-19-16(21)15-5-4-13-14(22-15)6-7-20(13)9-10-2-3-11(17)12(18)8-10/h2-3,8,13-15H,4-7,9H2,1H3,(H,19,21)/t13-,14-,15+/m1/s1. The minimum Gasteiger partial charge on any atom is -0.363 e. The molecule has 0 saturated carbocycles. The second kappa shape index (κ2) is 6.52. The molecule has 1 amide bonds. The molecule has 1 N–H and O–H groups in total. The molecular weight excluding hydrogens is 307 g/mol. The van der Waals surface area contributed by atoms with Crippen molar-refractivity contribution >= 4 is 17.5 Å². The van der Waals surface area contributed by atoms with Gasteiger partial charge in [0.1, 0.15) is 11.9 Å². The van der Waals surface area contributed by atoms with Crippen LogP contribution in [0.25, 0.3) is 0 Å². The average molecular weight is 327 g/mol. The van der Waals surface area contributed by atoms with Crippen LogP contribution in [0.1, 0.15) is 24.8 Å². The van der Waals surface area contributed by atoms with Gasteiger partial charge in [0.2, 0.25) is 5.91 Å². The summed E-state index contributed by atoms with van der Waals surface area (Å²) in [5.74, 6) is -0.425. The number of nitrogens with zero attached hydrogens (tertiary/aromatic N) is 1. The van der Waals surface area contributed by atoms with Gasteiger partial charge in [0.15, 0.2) is 0 Å². The third-order valence-electron chi connectivity index (χ3n) is 4.57. The zero-order valence-electron chi connectivity index (χ0n) is 12.5. The Labute approximate surface area is 134 Å². The monoisotopic (exact) mass is 326 g/mol. The van der Waals surface area contributed by atoms with Gasteiger partial charge < -0.3 is 10.1 Å². The molecule has 0 unspecified atom stereocenters. The van der Waals surface area contributed by atoms with Crippen LogP contribution in [-0.4, -0.2) is 42.6 Å². The smallest absolute Gasteiger partial charge is 0.248 e. The summed E-state index contributed by atoms with van der Waals surface area (Å²) in [5.41, 5.74) is 0.913. The lowest BCUT2D eigenvalue weighted by molar-refractivity contribution is -0.143. The van der Waals surface area contributed by atoms with Crippen molar-refractivity contribution in [2.24, 2.45) is 0 Å². The zero-order valence-corrected chi connectivity index (χ0v) is 13.3. The number of rotatable bonds is 3. The number of hydrogen-bond acceptors (Lipinski definition) is 3. The van der Waals surface area contributed by atoms with Crippen LogP contribution in [0.4, 0.5) is 4.39 Å². The quantitative estimate of drug-likeness (QED) is 0.927. The van der Waals surface area contributed by atoms with E-state index in [0.717, 1.165) is 31.4 Å². The van der Waals surface area contributed by atoms with Gasteiger partial charge in [-0.3, -0.25) is 9.69 Å². The Morgan fingerprint density at radius 1 is 1.45 bits per heavy atom. The van der Waals surface area contributed by atoms with Crippen molar-refractivity contribution in [3.05, 3.63) is 34.6 Å². The predicted octanol–water partition coefficient (Wildman–Crippen LogP) is 2.35. The van der Waals surface area contributed by atoms with E-state index in [-0.39, 0.29) is 29.0 Å². The summed E-state index contributed by atoms with van der Waals surface area (Å²) in [6.45, 7) is 1.59. The van der Waals surface area contributed by atoms with Gasteiger partial charge in [-0.25, -0.2) is 4.39 Å². The first-order chi connectivity index (χ1) is 10.6. The zero-order chi connectivity index (χ0) is 15.7. The van der Waals surface area contributed by atoms with Gasteiger partial charge in [-0.05, 0) is 37.0 Å². The number of ether oxygens (including phenoxy) is 1. The van der Waals surface area contributed by atoms with Crippen LogP contribution in [0.15, 0.2) is 18.2 Å². The number of likely N-dealkylation sites (N-methyl/N-ethyl adjacent to an activating group) is 1. The fourth-order valence-corrected chi connectivity index (χ4v) is 3.56. The van der Waals surface area contributed by atoms with Gasteiger partial charge in [-0.2, -0.15) is 0 Å². The number of fused-ring (bicyclic) bond motifs is 1. The van der Waals surface area contributed by atoms with E-state index in [1.165, 1.54) is 6.07 Å². The summed E-state index contributed by atoms with van der Waals surface area (Å²) >= 11 is 5.72. The van der Waals surface area contributed by atoms with E-state index in [4.69, 9.17) is 16.3 Å². The molecule has 4 nitrogen and oxygen atoms in total. The van der Waals surface area contributed by atoms with Gasteiger partial charge in [0.25, 0.3) is 0 Å². The maximum atomic E-state index is 13.5. The van der Waals surface area contributed by atoms with Crippen LogP contribution in [0.3, 0.4) is 0 Å². The van der Waals surface area contributed by atoms with Crippen LogP contribution in [0.2, 0.25) is 5.02 Å². The van der Waals surface area contributed by atoms with Crippen LogP contribution < -0.4 is 5.32 Å². The third kappa shape index (κ3) is 3.12. The Balaban J connectivity index is 1.63. The summed E-state index contributed by atoms with van der Waals surface area (Å²) in [4.78, 5) is 14.0. The number of hydrogen-bond donors (Lipinski definition) is 1. The molecule has 0 aromatic heterocycles. The summed E-state index contributed by atoms with van der Waals surface area (Å²) in [6, 6.07) is 5.25. The first-order valence-electron chi connectivity index (χ1n) is 7.63. The molecule has 2 aliphatic heterocycles. The molecule has 2 aliphatic rings.